The number of nitrogens with zero attached hydrogens (tertiary/aromatic N) is 2. The minimum Gasteiger partial charge on any atom is -0.195 e. The van der Waals surface area contributed by atoms with Gasteiger partial charge in [0.2, 0.25) is 0 Å². The van der Waals surface area contributed by atoms with E-state index in [2.05, 4.69) is 0 Å². The van der Waals surface area contributed by atoms with Gasteiger partial charge in [-0.05, 0) is 36.5 Å². The quantitative estimate of drug-likeness (QED) is 0.766. The van der Waals surface area contributed by atoms with Crippen LogP contribution in [0.5, 0.6) is 0 Å². The molecule has 4 nitrogen and oxygen atoms in total. The lowest BCUT2D eigenvalue weighted by molar-refractivity contribution is 0.271. The molecule has 0 N–H and O–H groups in total. The fourth-order valence-electron chi connectivity index (χ4n) is 2.47. The fraction of sp³-hybridized carbons (Fsp3) is 0.571. The predicted octanol–water partition coefficient (Wildman–Crippen LogP) is 2.97. The second-order valence-corrected chi connectivity index (χ2v) is 8.17. The van der Waals surface area contributed by atoms with Gasteiger partial charge in [0.05, 0.1) is 0 Å². The molecule has 7 heteroatoms. The molecule has 21 heavy (non-hydrogen) atoms. The van der Waals surface area contributed by atoms with Crippen LogP contribution in [0.3, 0.4) is 0 Å². The lowest BCUT2D eigenvalue weighted by Gasteiger charge is -2.33. The molecule has 0 radical (unpaired) electrons. The van der Waals surface area contributed by atoms with Crippen LogP contribution in [-0.2, 0) is 16.8 Å². The molecule has 1 fully saturated rings. The van der Waals surface area contributed by atoms with Gasteiger partial charge >= 0.3 is 0 Å². The maximum atomic E-state index is 12.6. The zero-order valence-electron chi connectivity index (χ0n) is 12.0. The molecule has 1 aromatic carbocycles. The van der Waals surface area contributed by atoms with Crippen molar-refractivity contribution in [1.82, 2.24) is 8.61 Å². The van der Waals surface area contributed by atoms with Gasteiger partial charge in [0.1, 0.15) is 0 Å². The van der Waals surface area contributed by atoms with E-state index in [4.69, 9.17) is 23.2 Å². The van der Waals surface area contributed by atoms with Crippen molar-refractivity contribution in [3.8, 4) is 0 Å². The summed E-state index contributed by atoms with van der Waals surface area (Å²) < 4.78 is 28.0. The topological polar surface area (TPSA) is 40.6 Å². The van der Waals surface area contributed by atoms with Crippen molar-refractivity contribution < 1.29 is 8.42 Å². The van der Waals surface area contributed by atoms with Gasteiger partial charge in [-0.2, -0.15) is 17.0 Å². The molecule has 0 aliphatic carbocycles. The highest BCUT2D eigenvalue weighted by atomic mass is 35.5. The van der Waals surface area contributed by atoms with E-state index in [1.54, 1.807) is 23.5 Å². The molecule has 0 bridgehead atoms. The normalized spacial score (nSPS) is 18.3. The van der Waals surface area contributed by atoms with Crippen LogP contribution in [0.15, 0.2) is 24.3 Å². The number of piperidine rings is 1. The van der Waals surface area contributed by atoms with Gasteiger partial charge in [0.25, 0.3) is 10.2 Å². The van der Waals surface area contributed by atoms with E-state index in [-0.39, 0.29) is 0 Å². The van der Waals surface area contributed by atoms with Crippen molar-refractivity contribution >= 4 is 33.4 Å². The summed E-state index contributed by atoms with van der Waals surface area (Å²) in [6.07, 6.45) is 1.65. The first kappa shape index (κ1) is 17.0. The van der Waals surface area contributed by atoms with E-state index in [0.717, 1.165) is 18.4 Å². The molecular weight excluding hydrogens is 331 g/mol. The number of halogens is 2. The minimum absolute atomic E-state index is 0.318. The summed E-state index contributed by atoms with van der Waals surface area (Å²) in [6.45, 7) is 1.40. The standard InChI is InChI=1S/C14H20Cl2N2O2S/c1-17(11-13-3-2-4-14(16)9-13)21(19,20)18-7-5-12(10-15)6-8-18/h2-4,9,12H,5-8,10-11H2,1H3. The largest absolute Gasteiger partial charge is 0.282 e. The van der Waals surface area contributed by atoms with E-state index in [1.807, 2.05) is 12.1 Å². The fourth-order valence-corrected chi connectivity index (χ4v) is 4.37. The second-order valence-electron chi connectivity index (χ2n) is 5.39. The highest BCUT2D eigenvalue weighted by Crippen LogP contribution is 2.22. The number of benzene rings is 1. The molecule has 1 aliphatic rings. The Morgan fingerprint density at radius 2 is 2.00 bits per heavy atom. The van der Waals surface area contributed by atoms with E-state index in [1.165, 1.54) is 4.31 Å². The van der Waals surface area contributed by atoms with Gasteiger partial charge in [-0.3, -0.25) is 0 Å². The van der Waals surface area contributed by atoms with Crippen LogP contribution in [0, 0.1) is 5.92 Å². The van der Waals surface area contributed by atoms with Crippen LogP contribution >= 0.6 is 23.2 Å². The molecular formula is C14H20Cl2N2O2S. The van der Waals surface area contributed by atoms with E-state index in [9.17, 15) is 8.42 Å². The first-order valence-corrected chi connectivity index (χ1v) is 9.26. The second kappa shape index (κ2) is 7.29. The van der Waals surface area contributed by atoms with Crippen LogP contribution < -0.4 is 0 Å². The lowest BCUT2D eigenvalue weighted by Crippen LogP contribution is -2.45. The summed E-state index contributed by atoms with van der Waals surface area (Å²) in [5.74, 6) is 1.03. The van der Waals surface area contributed by atoms with Crippen molar-refractivity contribution in [1.29, 1.82) is 0 Å². The van der Waals surface area contributed by atoms with E-state index >= 15 is 0 Å². The van der Waals surface area contributed by atoms with Crippen LogP contribution in [0.25, 0.3) is 0 Å². The Balaban J connectivity index is 2.02. The summed E-state index contributed by atoms with van der Waals surface area (Å²) >= 11 is 11.8. The molecule has 1 aliphatic heterocycles. The van der Waals surface area contributed by atoms with Crippen molar-refractivity contribution in [3.63, 3.8) is 0 Å². The Hall–Kier alpha value is -0.330. The van der Waals surface area contributed by atoms with Crippen molar-refractivity contribution in [2.24, 2.45) is 5.92 Å². The monoisotopic (exact) mass is 350 g/mol. The van der Waals surface area contributed by atoms with Gasteiger partial charge < -0.3 is 0 Å². The third kappa shape index (κ3) is 4.33. The Morgan fingerprint density at radius 1 is 1.33 bits per heavy atom. The van der Waals surface area contributed by atoms with Gasteiger partial charge in [-0.25, -0.2) is 0 Å². The molecule has 0 atom stereocenters. The molecule has 0 spiro atoms. The molecule has 118 valence electrons. The van der Waals surface area contributed by atoms with Crippen molar-refractivity contribution in [2.45, 2.75) is 19.4 Å². The Kier molecular flexibility index (Phi) is 5.91. The lowest BCUT2D eigenvalue weighted by atomic mass is 10.0. The molecule has 0 aromatic heterocycles. The first-order chi connectivity index (χ1) is 9.93. The zero-order valence-corrected chi connectivity index (χ0v) is 14.3. The average molecular weight is 351 g/mol. The number of hydrogen-bond acceptors (Lipinski definition) is 2. The summed E-state index contributed by atoms with van der Waals surface area (Å²) in [4.78, 5) is 0. The Labute approximate surface area is 136 Å². The van der Waals surface area contributed by atoms with E-state index < -0.39 is 10.2 Å². The molecule has 1 saturated heterocycles. The number of hydrogen-bond donors (Lipinski definition) is 0. The molecule has 2 rings (SSSR count). The summed E-state index contributed by atoms with van der Waals surface area (Å²) in [5, 5.41) is 0.612. The Morgan fingerprint density at radius 3 is 2.57 bits per heavy atom. The molecule has 0 unspecified atom stereocenters. The van der Waals surface area contributed by atoms with Gasteiger partial charge in [0.15, 0.2) is 0 Å². The average Bonchev–Trinajstić information content (AvgIpc) is 2.47. The maximum absolute atomic E-state index is 12.6. The predicted molar refractivity (Wildman–Crippen MR) is 86.9 cm³/mol. The van der Waals surface area contributed by atoms with E-state index in [0.29, 0.717) is 36.5 Å². The third-order valence-electron chi connectivity index (χ3n) is 3.81. The molecule has 1 heterocycles. The Bertz CT molecular complexity index is 572. The SMILES string of the molecule is CN(Cc1cccc(Cl)c1)S(=O)(=O)N1CCC(CCl)CC1. The van der Waals surface area contributed by atoms with Crippen LogP contribution in [0.1, 0.15) is 18.4 Å². The summed E-state index contributed by atoms with van der Waals surface area (Å²) in [5.41, 5.74) is 0.879. The van der Waals surface area contributed by atoms with Crippen LogP contribution in [0.2, 0.25) is 5.02 Å². The minimum atomic E-state index is -3.42. The van der Waals surface area contributed by atoms with Crippen molar-refractivity contribution in [2.75, 3.05) is 26.0 Å². The van der Waals surface area contributed by atoms with Gasteiger partial charge in [-0.1, -0.05) is 23.7 Å². The number of alkyl halides is 1. The summed E-state index contributed by atoms with van der Waals surface area (Å²) in [6, 6.07) is 7.26. The van der Waals surface area contributed by atoms with Crippen molar-refractivity contribution in [3.05, 3.63) is 34.9 Å². The van der Waals surface area contributed by atoms with Gasteiger partial charge in [-0.15, -0.1) is 11.6 Å². The highest BCUT2D eigenvalue weighted by molar-refractivity contribution is 7.86. The summed E-state index contributed by atoms with van der Waals surface area (Å²) in [7, 11) is -1.82. The third-order valence-corrected chi connectivity index (χ3v) is 6.41. The first-order valence-electron chi connectivity index (χ1n) is 6.95. The smallest absolute Gasteiger partial charge is 0.195 e. The molecule has 1 aromatic rings. The van der Waals surface area contributed by atoms with Gasteiger partial charge in [0, 0.05) is 37.6 Å². The molecule has 0 saturated carbocycles. The zero-order chi connectivity index (χ0) is 15.5. The highest BCUT2D eigenvalue weighted by Gasteiger charge is 2.30. The maximum Gasteiger partial charge on any atom is 0.282 e. The van der Waals surface area contributed by atoms with Crippen LogP contribution in [0.4, 0.5) is 0 Å². The van der Waals surface area contributed by atoms with Crippen LogP contribution in [-0.4, -0.2) is 43.0 Å². The molecule has 0 amide bonds. The number of rotatable bonds is 5.